The standard InChI is InChI=1S/C13H23NO4/c15-13(16)9-11-10-17-8-6-14(11)5-1-3-12-4-2-7-18-12/h11-12H,1-10H2,(H,15,16). The van der Waals surface area contributed by atoms with Gasteiger partial charge in [-0.25, -0.2) is 0 Å². The Kier molecular flexibility index (Phi) is 5.41. The molecule has 18 heavy (non-hydrogen) atoms. The molecule has 5 heteroatoms. The summed E-state index contributed by atoms with van der Waals surface area (Å²) in [6, 6.07) is 0.0424. The van der Waals surface area contributed by atoms with E-state index in [9.17, 15) is 4.79 Å². The molecule has 2 atom stereocenters. The van der Waals surface area contributed by atoms with E-state index >= 15 is 0 Å². The molecule has 0 aliphatic carbocycles. The van der Waals surface area contributed by atoms with Crippen LogP contribution in [0.3, 0.4) is 0 Å². The first-order valence-corrected chi connectivity index (χ1v) is 6.91. The summed E-state index contributed by atoms with van der Waals surface area (Å²) < 4.78 is 11.0. The molecule has 0 saturated carbocycles. The average molecular weight is 257 g/mol. The van der Waals surface area contributed by atoms with Crippen molar-refractivity contribution in [3.63, 3.8) is 0 Å². The minimum absolute atomic E-state index is 0.0424. The van der Waals surface area contributed by atoms with Gasteiger partial charge < -0.3 is 14.6 Å². The summed E-state index contributed by atoms with van der Waals surface area (Å²) in [7, 11) is 0. The molecule has 0 spiro atoms. The van der Waals surface area contributed by atoms with Crippen molar-refractivity contribution in [3.8, 4) is 0 Å². The van der Waals surface area contributed by atoms with Crippen LogP contribution in [0.15, 0.2) is 0 Å². The second kappa shape index (κ2) is 7.07. The third kappa shape index (κ3) is 4.23. The molecule has 0 aromatic rings. The van der Waals surface area contributed by atoms with Gasteiger partial charge in [-0.1, -0.05) is 0 Å². The van der Waals surface area contributed by atoms with Gasteiger partial charge in [-0.3, -0.25) is 9.69 Å². The summed E-state index contributed by atoms with van der Waals surface area (Å²) in [5.74, 6) is -0.741. The first-order chi connectivity index (χ1) is 8.75. The fourth-order valence-corrected chi connectivity index (χ4v) is 2.77. The van der Waals surface area contributed by atoms with E-state index in [4.69, 9.17) is 14.6 Å². The van der Waals surface area contributed by atoms with Crippen LogP contribution in [0.4, 0.5) is 0 Å². The van der Waals surface area contributed by atoms with Crippen molar-refractivity contribution in [2.24, 2.45) is 0 Å². The molecule has 2 heterocycles. The summed E-state index contributed by atoms with van der Waals surface area (Å²) in [4.78, 5) is 13.1. The normalized spacial score (nSPS) is 29.6. The van der Waals surface area contributed by atoms with E-state index in [1.165, 1.54) is 12.8 Å². The minimum Gasteiger partial charge on any atom is -0.481 e. The minimum atomic E-state index is -0.741. The lowest BCUT2D eigenvalue weighted by Crippen LogP contribution is -2.46. The van der Waals surface area contributed by atoms with Gasteiger partial charge in [0, 0.05) is 19.2 Å². The predicted octanol–water partition coefficient (Wildman–Crippen LogP) is 1.12. The van der Waals surface area contributed by atoms with Crippen LogP contribution in [0.25, 0.3) is 0 Å². The third-order valence-corrected chi connectivity index (χ3v) is 3.76. The van der Waals surface area contributed by atoms with Crippen LogP contribution in [-0.4, -0.2) is 61.0 Å². The highest BCUT2D eigenvalue weighted by Crippen LogP contribution is 2.18. The maximum Gasteiger partial charge on any atom is 0.305 e. The van der Waals surface area contributed by atoms with Gasteiger partial charge in [0.15, 0.2) is 0 Å². The van der Waals surface area contributed by atoms with Gasteiger partial charge in [0.05, 0.1) is 25.7 Å². The molecule has 2 fully saturated rings. The molecule has 5 nitrogen and oxygen atoms in total. The molecule has 2 rings (SSSR count). The van der Waals surface area contributed by atoms with Crippen LogP contribution in [0.5, 0.6) is 0 Å². The highest BCUT2D eigenvalue weighted by Gasteiger charge is 2.25. The van der Waals surface area contributed by atoms with Gasteiger partial charge in [0.2, 0.25) is 0 Å². The molecular formula is C13H23NO4. The number of ether oxygens (including phenoxy) is 2. The van der Waals surface area contributed by atoms with Crippen LogP contribution >= 0.6 is 0 Å². The quantitative estimate of drug-likeness (QED) is 0.772. The molecule has 104 valence electrons. The first kappa shape index (κ1) is 13.8. The van der Waals surface area contributed by atoms with E-state index in [1.807, 2.05) is 0 Å². The van der Waals surface area contributed by atoms with Crippen molar-refractivity contribution in [1.29, 1.82) is 0 Å². The summed E-state index contributed by atoms with van der Waals surface area (Å²) in [6.07, 6.45) is 5.16. The zero-order valence-electron chi connectivity index (χ0n) is 10.8. The molecule has 2 unspecified atom stereocenters. The van der Waals surface area contributed by atoms with Gasteiger partial charge in [-0.15, -0.1) is 0 Å². The molecular weight excluding hydrogens is 234 g/mol. The highest BCUT2D eigenvalue weighted by molar-refractivity contribution is 5.67. The molecule has 0 bridgehead atoms. The van der Waals surface area contributed by atoms with Crippen molar-refractivity contribution in [3.05, 3.63) is 0 Å². The zero-order valence-corrected chi connectivity index (χ0v) is 10.8. The van der Waals surface area contributed by atoms with Crippen molar-refractivity contribution in [1.82, 2.24) is 4.90 Å². The third-order valence-electron chi connectivity index (χ3n) is 3.76. The molecule has 2 aliphatic rings. The maximum atomic E-state index is 10.8. The molecule has 0 aromatic heterocycles. The summed E-state index contributed by atoms with van der Waals surface area (Å²) in [6.45, 7) is 3.98. The predicted molar refractivity (Wildman–Crippen MR) is 66.6 cm³/mol. The fourth-order valence-electron chi connectivity index (χ4n) is 2.77. The van der Waals surface area contributed by atoms with Crippen LogP contribution < -0.4 is 0 Å². The van der Waals surface area contributed by atoms with Gasteiger partial charge in [-0.2, -0.15) is 0 Å². The van der Waals surface area contributed by atoms with E-state index in [0.29, 0.717) is 12.7 Å². The fraction of sp³-hybridized carbons (Fsp3) is 0.923. The summed E-state index contributed by atoms with van der Waals surface area (Å²) in [5, 5.41) is 8.88. The van der Waals surface area contributed by atoms with Crippen molar-refractivity contribution < 1.29 is 19.4 Å². The number of morpholine rings is 1. The lowest BCUT2D eigenvalue weighted by Gasteiger charge is -2.34. The van der Waals surface area contributed by atoms with Crippen molar-refractivity contribution in [2.45, 2.75) is 44.2 Å². The Bertz CT molecular complexity index is 266. The average Bonchev–Trinajstić information content (AvgIpc) is 2.84. The van der Waals surface area contributed by atoms with E-state index in [0.717, 1.165) is 39.1 Å². The maximum absolute atomic E-state index is 10.8. The SMILES string of the molecule is O=C(O)CC1COCCN1CCCC1CCCO1. The first-order valence-electron chi connectivity index (χ1n) is 6.91. The largest absolute Gasteiger partial charge is 0.481 e. The van der Waals surface area contributed by atoms with Gasteiger partial charge >= 0.3 is 5.97 Å². The van der Waals surface area contributed by atoms with Gasteiger partial charge in [0.25, 0.3) is 0 Å². The monoisotopic (exact) mass is 257 g/mol. The second-order valence-electron chi connectivity index (χ2n) is 5.14. The van der Waals surface area contributed by atoms with Crippen LogP contribution in [0.1, 0.15) is 32.1 Å². The summed E-state index contributed by atoms with van der Waals surface area (Å²) >= 11 is 0. The van der Waals surface area contributed by atoms with E-state index in [-0.39, 0.29) is 12.5 Å². The number of rotatable bonds is 6. The zero-order chi connectivity index (χ0) is 12.8. The molecule has 0 radical (unpaired) electrons. The second-order valence-corrected chi connectivity index (χ2v) is 5.14. The smallest absolute Gasteiger partial charge is 0.305 e. The molecule has 2 aliphatic heterocycles. The molecule has 0 amide bonds. The van der Waals surface area contributed by atoms with Crippen LogP contribution in [0, 0.1) is 0 Å². The Morgan fingerprint density at radius 1 is 1.39 bits per heavy atom. The van der Waals surface area contributed by atoms with E-state index in [2.05, 4.69) is 4.90 Å². The Morgan fingerprint density at radius 2 is 2.28 bits per heavy atom. The Morgan fingerprint density at radius 3 is 3.00 bits per heavy atom. The number of hydrogen-bond acceptors (Lipinski definition) is 4. The Balaban J connectivity index is 1.69. The Hall–Kier alpha value is -0.650. The molecule has 2 saturated heterocycles. The van der Waals surface area contributed by atoms with Crippen molar-refractivity contribution >= 4 is 5.97 Å². The number of nitrogens with zero attached hydrogens (tertiary/aromatic N) is 1. The van der Waals surface area contributed by atoms with E-state index in [1.54, 1.807) is 0 Å². The van der Waals surface area contributed by atoms with Crippen LogP contribution in [-0.2, 0) is 14.3 Å². The number of aliphatic carboxylic acids is 1. The van der Waals surface area contributed by atoms with Crippen molar-refractivity contribution in [2.75, 3.05) is 32.9 Å². The number of hydrogen-bond donors (Lipinski definition) is 1. The number of carbonyl (C=O) groups is 1. The lowest BCUT2D eigenvalue weighted by molar-refractivity contribution is -0.140. The Labute approximate surface area is 108 Å². The lowest BCUT2D eigenvalue weighted by atomic mass is 10.1. The highest BCUT2D eigenvalue weighted by atomic mass is 16.5. The topological polar surface area (TPSA) is 59.0 Å². The molecule has 0 aromatic carbocycles. The van der Waals surface area contributed by atoms with Gasteiger partial charge in [-0.05, 0) is 32.2 Å². The molecule has 1 N–H and O–H groups in total. The number of carboxylic acid groups (broad SMARTS) is 1. The van der Waals surface area contributed by atoms with Gasteiger partial charge in [0.1, 0.15) is 0 Å². The van der Waals surface area contributed by atoms with Crippen LogP contribution in [0.2, 0.25) is 0 Å². The summed E-state index contributed by atoms with van der Waals surface area (Å²) in [5.41, 5.74) is 0. The number of carboxylic acids is 1. The van der Waals surface area contributed by atoms with E-state index < -0.39 is 5.97 Å².